The lowest BCUT2D eigenvalue weighted by atomic mass is 10.1. The predicted molar refractivity (Wildman–Crippen MR) is 66.7 cm³/mol. The highest BCUT2D eigenvalue weighted by molar-refractivity contribution is 5.88. The molecule has 0 aliphatic carbocycles. The van der Waals surface area contributed by atoms with Crippen LogP contribution in [0.1, 0.15) is 36.8 Å². The summed E-state index contributed by atoms with van der Waals surface area (Å²) in [6.07, 6.45) is 1.54. The molecule has 0 fully saturated rings. The van der Waals surface area contributed by atoms with Crippen LogP contribution in [0.15, 0.2) is 18.3 Å². The number of aromatic nitrogens is 1. The number of hydrogen-bond donors (Lipinski definition) is 1. The molecule has 0 amide bonds. The molecular weight excluding hydrogens is 216 g/mol. The molecule has 1 atom stereocenters. The van der Waals surface area contributed by atoms with Crippen LogP contribution in [0.4, 0.5) is 0 Å². The molecule has 1 aromatic heterocycles. The second-order valence-electron chi connectivity index (χ2n) is 4.44. The quantitative estimate of drug-likeness (QED) is 0.794. The van der Waals surface area contributed by atoms with E-state index in [0.29, 0.717) is 24.1 Å². The van der Waals surface area contributed by atoms with Crippen molar-refractivity contribution in [3.63, 3.8) is 0 Å². The van der Waals surface area contributed by atoms with Gasteiger partial charge in [-0.2, -0.15) is 0 Å². The van der Waals surface area contributed by atoms with E-state index in [4.69, 9.17) is 0 Å². The summed E-state index contributed by atoms with van der Waals surface area (Å²) in [5.74, 6) is 0.233. The number of hydrogen-bond acceptors (Lipinski definition) is 4. The first kappa shape index (κ1) is 13.6. The molecule has 0 radical (unpaired) electrons. The molecule has 94 valence electrons. The van der Waals surface area contributed by atoms with E-state index in [1.54, 1.807) is 12.3 Å². The summed E-state index contributed by atoms with van der Waals surface area (Å²) in [5, 5.41) is 3.38. The van der Waals surface area contributed by atoms with Crippen LogP contribution in [-0.2, 0) is 11.3 Å². The fourth-order valence-electron chi connectivity index (χ4n) is 1.27. The van der Waals surface area contributed by atoms with E-state index >= 15 is 0 Å². The summed E-state index contributed by atoms with van der Waals surface area (Å²) in [6.45, 7) is 7.20. The van der Waals surface area contributed by atoms with Gasteiger partial charge in [0.2, 0.25) is 0 Å². The number of rotatable bonds is 5. The van der Waals surface area contributed by atoms with Gasteiger partial charge in [-0.25, -0.2) is 4.79 Å². The lowest BCUT2D eigenvalue weighted by molar-refractivity contribution is 0.0600. The lowest BCUT2D eigenvalue weighted by Gasteiger charge is -2.16. The Bertz CT molecular complexity index is 360. The fraction of sp³-hybridized carbons (Fsp3) is 0.538. The molecule has 0 aliphatic rings. The Hall–Kier alpha value is -1.42. The van der Waals surface area contributed by atoms with Crippen LogP contribution < -0.4 is 5.32 Å². The number of carbonyl (C=O) groups is 1. The largest absolute Gasteiger partial charge is 0.465 e. The maximum absolute atomic E-state index is 11.2. The normalized spacial score (nSPS) is 12.5. The van der Waals surface area contributed by atoms with Crippen LogP contribution in [-0.4, -0.2) is 24.1 Å². The third-order valence-corrected chi connectivity index (χ3v) is 2.85. The topological polar surface area (TPSA) is 51.2 Å². The van der Waals surface area contributed by atoms with Crippen LogP contribution in [0.3, 0.4) is 0 Å². The van der Waals surface area contributed by atoms with Crippen LogP contribution >= 0.6 is 0 Å². The van der Waals surface area contributed by atoms with Crippen LogP contribution in [0, 0.1) is 5.92 Å². The molecule has 0 aromatic carbocycles. The zero-order valence-electron chi connectivity index (χ0n) is 10.9. The Kier molecular flexibility index (Phi) is 5.10. The number of ether oxygens (including phenoxy) is 1. The third-order valence-electron chi connectivity index (χ3n) is 2.85. The van der Waals surface area contributed by atoms with Gasteiger partial charge in [0, 0.05) is 18.8 Å². The Balaban J connectivity index is 2.54. The Morgan fingerprint density at radius 3 is 2.59 bits per heavy atom. The van der Waals surface area contributed by atoms with Gasteiger partial charge in [0.15, 0.2) is 0 Å². The first-order valence-electron chi connectivity index (χ1n) is 5.81. The van der Waals surface area contributed by atoms with Gasteiger partial charge < -0.3 is 10.1 Å². The maximum Gasteiger partial charge on any atom is 0.339 e. The average molecular weight is 236 g/mol. The van der Waals surface area contributed by atoms with Crippen LogP contribution in [0.2, 0.25) is 0 Å². The minimum Gasteiger partial charge on any atom is -0.465 e. The summed E-state index contributed by atoms with van der Waals surface area (Å²) in [4.78, 5) is 15.4. The number of nitrogens with one attached hydrogen (secondary N) is 1. The smallest absolute Gasteiger partial charge is 0.339 e. The van der Waals surface area contributed by atoms with Gasteiger partial charge in [-0.05, 0) is 25.0 Å². The highest BCUT2D eigenvalue weighted by Crippen LogP contribution is 2.04. The summed E-state index contributed by atoms with van der Waals surface area (Å²) < 4.78 is 4.61. The zero-order chi connectivity index (χ0) is 12.8. The first-order chi connectivity index (χ1) is 8.04. The Morgan fingerprint density at radius 1 is 1.41 bits per heavy atom. The molecular formula is C13H20N2O2. The highest BCUT2D eigenvalue weighted by Gasteiger charge is 2.08. The molecule has 1 unspecified atom stereocenters. The zero-order valence-corrected chi connectivity index (χ0v) is 10.9. The second kappa shape index (κ2) is 6.35. The van der Waals surface area contributed by atoms with Gasteiger partial charge in [0.1, 0.15) is 0 Å². The van der Waals surface area contributed by atoms with Crippen molar-refractivity contribution in [2.24, 2.45) is 5.92 Å². The van der Waals surface area contributed by atoms with Crippen molar-refractivity contribution in [1.29, 1.82) is 0 Å². The van der Waals surface area contributed by atoms with Gasteiger partial charge in [0.05, 0.1) is 18.4 Å². The third kappa shape index (κ3) is 4.15. The van der Waals surface area contributed by atoms with Gasteiger partial charge in [-0.15, -0.1) is 0 Å². The minimum atomic E-state index is -0.354. The molecule has 4 heteroatoms. The molecule has 0 bridgehead atoms. The predicted octanol–water partition coefficient (Wildman–Crippen LogP) is 2.00. The standard InChI is InChI=1S/C13H20N2O2/c1-9(2)10(3)14-8-12-6-5-11(7-15-12)13(16)17-4/h5-7,9-10,14H,8H2,1-4H3. The average Bonchev–Trinajstić information content (AvgIpc) is 2.35. The van der Waals surface area contributed by atoms with E-state index in [2.05, 4.69) is 35.8 Å². The summed E-state index contributed by atoms with van der Waals surface area (Å²) >= 11 is 0. The monoisotopic (exact) mass is 236 g/mol. The second-order valence-corrected chi connectivity index (χ2v) is 4.44. The van der Waals surface area contributed by atoms with Gasteiger partial charge >= 0.3 is 5.97 Å². The van der Waals surface area contributed by atoms with E-state index in [-0.39, 0.29) is 5.97 Å². The number of methoxy groups -OCH3 is 1. The molecule has 0 aliphatic heterocycles. The van der Waals surface area contributed by atoms with Gasteiger partial charge in [-0.3, -0.25) is 4.98 Å². The van der Waals surface area contributed by atoms with Crippen molar-refractivity contribution in [2.75, 3.05) is 7.11 Å². The summed E-state index contributed by atoms with van der Waals surface area (Å²) in [7, 11) is 1.36. The number of nitrogens with zero attached hydrogens (tertiary/aromatic N) is 1. The lowest BCUT2D eigenvalue weighted by Crippen LogP contribution is -2.30. The van der Waals surface area contributed by atoms with E-state index in [1.165, 1.54) is 7.11 Å². The molecule has 4 nitrogen and oxygen atoms in total. The van der Waals surface area contributed by atoms with Gasteiger partial charge in [-0.1, -0.05) is 13.8 Å². The highest BCUT2D eigenvalue weighted by atomic mass is 16.5. The summed E-state index contributed by atoms with van der Waals surface area (Å²) in [5.41, 5.74) is 1.40. The molecule has 0 saturated carbocycles. The minimum absolute atomic E-state index is 0.354. The van der Waals surface area contributed by atoms with E-state index in [9.17, 15) is 4.79 Å². The molecule has 17 heavy (non-hydrogen) atoms. The number of pyridine rings is 1. The Labute approximate surface area is 102 Å². The van der Waals surface area contributed by atoms with E-state index < -0.39 is 0 Å². The van der Waals surface area contributed by atoms with Crippen molar-refractivity contribution >= 4 is 5.97 Å². The van der Waals surface area contributed by atoms with Crippen LogP contribution in [0.5, 0.6) is 0 Å². The van der Waals surface area contributed by atoms with Crippen molar-refractivity contribution in [2.45, 2.75) is 33.4 Å². The maximum atomic E-state index is 11.2. The molecule has 1 aromatic rings. The molecule has 1 rings (SSSR count). The van der Waals surface area contributed by atoms with E-state index in [1.807, 2.05) is 6.07 Å². The van der Waals surface area contributed by atoms with E-state index in [0.717, 1.165) is 5.69 Å². The molecule has 0 saturated heterocycles. The van der Waals surface area contributed by atoms with Crippen LogP contribution in [0.25, 0.3) is 0 Å². The molecule has 1 N–H and O–H groups in total. The summed E-state index contributed by atoms with van der Waals surface area (Å²) in [6, 6.07) is 4.01. The SMILES string of the molecule is COC(=O)c1ccc(CNC(C)C(C)C)nc1. The van der Waals surface area contributed by atoms with Crippen molar-refractivity contribution in [1.82, 2.24) is 10.3 Å². The first-order valence-corrected chi connectivity index (χ1v) is 5.81. The van der Waals surface area contributed by atoms with Crippen molar-refractivity contribution < 1.29 is 9.53 Å². The Morgan fingerprint density at radius 2 is 2.12 bits per heavy atom. The fourth-order valence-corrected chi connectivity index (χ4v) is 1.27. The van der Waals surface area contributed by atoms with Crippen molar-refractivity contribution in [3.05, 3.63) is 29.6 Å². The van der Waals surface area contributed by atoms with Gasteiger partial charge in [0.25, 0.3) is 0 Å². The molecule has 0 spiro atoms. The van der Waals surface area contributed by atoms with Crippen molar-refractivity contribution in [3.8, 4) is 0 Å². The molecule has 1 heterocycles. The number of esters is 1. The number of carbonyl (C=O) groups excluding carboxylic acids is 1.